The van der Waals surface area contributed by atoms with Crippen LogP contribution in [0.3, 0.4) is 0 Å². The third kappa shape index (κ3) is 4.36. The summed E-state index contributed by atoms with van der Waals surface area (Å²) >= 11 is 0. The van der Waals surface area contributed by atoms with Crippen molar-refractivity contribution < 1.29 is 9.53 Å². The first-order valence-electron chi connectivity index (χ1n) is 9.55. The Labute approximate surface area is 154 Å². The van der Waals surface area contributed by atoms with Crippen molar-refractivity contribution in [1.29, 1.82) is 0 Å². The Balaban J connectivity index is 1.72. The lowest BCUT2D eigenvalue weighted by molar-refractivity contribution is 0.160. The second-order valence-electron chi connectivity index (χ2n) is 6.72. The summed E-state index contributed by atoms with van der Waals surface area (Å²) in [5.41, 5.74) is 3.07. The summed E-state index contributed by atoms with van der Waals surface area (Å²) in [7, 11) is 0. The van der Waals surface area contributed by atoms with Gasteiger partial charge in [0.05, 0.1) is 17.6 Å². The van der Waals surface area contributed by atoms with E-state index < -0.39 is 6.09 Å². The van der Waals surface area contributed by atoms with Crippen molar-refractivity contribution in [2.24, 2.45) is 0 Å². The highest BCUT2D eigenvalue weighted by atomic mass is 16.5. The Hall–Kier alpha value is -2.50. The maximum absolute atomic E-state index is 11.8. The van der Waals surface area contributed by atoms with Gasteiger partial charge in [-0.3, -0.25) is 5.32 Å². The van der Waals surface area contributed by atoms with Gasteiger partial charge in [-0.1, -0.05) is 26.3 Å². The number of ether oxygens (including phenoxy) is 1. The van der Waals surface area contributed by atoms with Crippen molar-refractivity contribution >= 4 is 22.9 Å². The van der Waals surface area contributed by atoms with Gasteiger partial charge in [-0.25, -0.2) is 9.78 Å². The molecule has 6 nitrogen and oxygen atoms in total. The first kappa shape index (κ1) is 18.3. The minimum atomic E-state index is -0.449. The van der Waals surface area contributed by atoms with Gasteiger partial charge in [0.2, 0.25) is 0 Å². The number of unbranched alkanes of at least 4 members (excludes halogenated alkanes) is 1. The van der Waals surface area contributed by atoms with E-state index in [1.807, 2.05) is 12.3 Å². The Bertz CT molecular complexity index is 768. The number of fused-ring (bicyclic) bond motifs is 1. The highest BCUT2D eigenvalue weighted by molar-refractivity contribution is 5.87. The molecule has 2 N–H and O–H groups in total. The minimum Gasteiger partial charge on any atom is -0.449 e. The summed E-state index contributed by atoms with van der Waals surface area (Å²) in [6.45, 7) is 6.85. The topological polar surface area (TPSA) is 70.2 Å². The molecule has 1 amide bonds. The zero-order chi connectivity index (χ0) is 18.4. The van der Waals surface area contributed by atoms with Gasteiger partial charge in [0, 0.05) is 30.8 Å². The fourth-order valence-corrected chi connectivity index (χ4v) is 3.26. The zero-order valence-corrected chi connectivity index (χ0v) is 15.6. The van der Waals surface area contributed by atoms with E-state index in [1.165, 1.54) is 5.56 Å². The molecule has 0 radical (unpaired) electrons. The number of anilines is 1. The van der Waals surface area contributed by atoms with Gasteiger partial charge in [0.1, 0.15) is 5.82 Å². The molecule has 0 saturated heterocycles. The number of aromatic nitrogens is 2. The van der Waals surface area contributed by atoms with Crippen LogP contribution in [0, 0.1) is 0 Å². The zero-order valence-electron chi connectivity index (χ0n) is 15.6. The molecular weight excluding hydrogens is 328 g/mol. The van der Waals surface area contributed by atoms with E-state index >= 15 is 0 Å². The summed E-state index contributed by atoms with van der Waals surface area (Å²) in [5.74, 6) is 0.864. The molecule has 1 unspecified atom stereocenters. The number of H-pyrrole nitrogens is 1. The summed E-state index contributed by atoms with van der Waals surface area (Å²) in [5, 5.41) is 2.72. The number of hydrogen-bond donors (Lipinski definition) is 2. The van der Waals surface area contributed by atoms with Crippen LogP contribution in [-0.2, 0) is 4.74 Å². The quantitative estimate of drug-likeness (QED) is 0.710. The molecule has 0 spiro atoms. The molecular formula is C20H28N4O2. The number of nitrogens with zero attached hydrogens (tertiary/aromatic N) is 2. The molecule has 0 aromatic carbocycles. The van der Waals surface area contributed by atoms with Crippen molar-refractivity contribution in [2.75, 3.05) is 25.0 Å². The number of amides is 1. The van der Waals surface area contributed by atoms with Gasteiger partial charge < -0.3 is 14.6 Å². The second-order valence-corrected chi connectivity index (χ2v) is 6.72. The third-order valence-corrected chi connectivity index (χ3v) is 4.68. The SMILES string of the molecule is CCCCOC(=O)Nc1ccc2[nH]cc(C3C=CN(CCC)CC3)c2n1. The van der Waals surface area contributed by atoms with Crippen LogP contribution < -0.4 is 5.32 Å². The fraction of sp³-hybridized carbons (Fsp3) is 0.500. The average Bonchev–Trinajstić information content (AvgIpc) is 3.06. The van der Waals surface area contributed by atoms with Crippen molar-refractivity contribution in [2.45, 2.75) is 45.4 Å². The van der Waals surface area contributed by atoms with Gasteiger partial charge in [0.25, 0.3) is 0 Å². The largest absolute Gasteiger partial charge is 0.449 e. The van der Waals surface area contributed by atoms with Crippen LogP contribution in [0.1, 0.15) is 51.0 Å². The van der Waals surface area contributed by atoms with E-state index in [1.54, 1.807) is 6.07 Å². The maximum atomic E-state index is 11.8. The van der Waals surface area contributed by atoms with Crippen LogP contribution in [0.25, 0.3) is 11.0 Å². The molecule has 1 aliphatic rings. The number of carbonyl (C=O) groups excluding carboxylic acids is 1. The summed E-state index contributed by atoms with van der Waals surface area (Å²) in [4.78, 5) is 22.1. The molecule has 3 heterocycles. The van der Waals surface area contributed by atoms with E-state index in [-0.39, 0.29) is 0 Å². The van der Waals surface area contributed by atoms with Crippen LogP contribution in [0.2, 0.25) is 0 Å². The van der Waals surface area contributed by atoms with E-state index in [2.05, 4.69) is 46.3 Å². The van der Waals surface area contributed by atoms with E-state index in [0.717, 1.165) is 49.8 Å². The van der Waals surface area contributed by atoms with Crippen LogP contribution >= 0.6 is 0 Å². The molecule has 6 heteroatoms. The van der Waals surface area contributed by atoms with Crippen LogP contribution in [0.4, 0.5) is 10.6 Å². The molecule has 0 saturated carbocycles. The van der Waals surface area contributed by atoms with Crippen molar-refractivity contribution in [3.63, 3.8) is 0 Å². The summed E-state index contributed by atoms with van der Waals surface area (Å²) in [6, 6.07) is 3.74. The lowest BCUT2D eigenvalue weighted by Crippen LogP contribution is -2.24. The lowest BCUT2D eigenvalue weighted by atomic mass is 9.94. The Morgan fingerprint density at radius 3 is 3.00 bits per heavy atom. The number of aromatic amines is 1. The van der Waals surface area contributed by atoms with Crippen LogP contribution in [-0.4, -0.2) is 40.7 Å². The molecule has 0 bridgehead atoms. The Morgan fingerprint density at radius 1 is 1.38 bits per heavy atom. The molecule has 0 fully saturated rings. The first-order valence-corrected chi connectivity index (χ1v) is 9.55. The van der Waals surface area contributed by atoms with E-state index in [0.29, 0.717) is 18.3 Å². The monoisotopic (exact) mass is 356 g/mol. The highest BCUT2D eigenvalue weighted by Crippen LogP contribution is 2.31. The van der Waals surface area contributed by atoms with E-state index in [9.17, 15) is 4.79 Å². The van der Waals surface area contributed by atoms with E-state index in [4.69, 9.17) is 4.74 Å². The number of rotatable bonds is 7. The van der Waals surface area contributed by atoms with Crippen molar-refractivity contribution in [3.8, 4) is 0 Å². The van der Waals surface area contributed by atoms with Gasteiger partial charge in [0.15, 0.2) is 0 Å². The van der Waals surface area contributed by atoms with Crippen molar-refractivity contribution in [1.82, 2.24) is 14.9 Å². The predicted octanol–water partition coefficient (Wildman–Crippen LogP) is 4.62. The van der Waals surface area contributed by atoms with Crippen molar-refractivity contribution in [3.05, 3.63) is 36.2 Å². The summed E-state index contributed by atoms with van der Waals surface area (Å²) < 4.78 is 5.15. The van der Waals surface area contributed by atoms with Crippen LogP contribution in [0.15, 0.2) is 30.6 Å². The molecule has 140 valence electrons. The number of nitrogens with one attached hydrogen (secondary N) is 2. The number of pyridine rings is 1. The fourth-order valence-electron chi connectivity index (χ4n) is 3.26. The Morgan fingerprint density at radius 2 is 2.27 bits per heavy atom. The number of allylic oxidation sites excluding steroid dienone is 1. The Kier molecular flexibility index (Phi) is 6.15. The van der Waals surface area contributed by atoms with Gasteiger partial charge >= 0.3 is 6.09 Å². The molecule has 1 aliphatic heterocycles. The molecule has 1 atom stereocenters. The second kappa shape index (κ2) is 8.74. The molecule has 2 aromatic rings. The standard InChI is InChI=1S/C20H28N4O2/c1-3-5-13-26-20(25)23-18-7-6-17-19(22-18)16(14-21-17)15-8-11-24(10-4-2)12-9-15/h6-8,11,14-15,21H,3-5,9-10,12-13H2,1-2H3,(H,22,23,25). The molecule has 2 aromatic heterocycles. The summed E-state index contributed by atoms with van der Waals surface area (Å²) in [6.07, 6.45) is 10.1. The maximum Gasteiger partial charge on any atom is 0.412 e. The van der Waals surface area contributed by atoms with Gasteiger partial charge in [-0.15, -0.1) is 0 Å². The first-order chi connectivity index (χ1) is 12.7. The minimum absolute atomic E-state index is 0.344. The third-order valence-electron chi connectivity index (χ3n) is 4.68. The number of hydrogen-bond acceptors (Lipinski definition) is 4. The lowest BCUT2D eigenvalue weighted by Gasteiger charge is -2.27. The normalized spacial score (nSPS) is 16.8. The van der Waals surface area contributed by atoms with Gasteiger partial charge in [-0.05, 0) is 37.6 Å². The average molecular weight is 356 g/mol. The smallest absolute Gasteiger partial charge is 0.412 e. The highest BCUT2D eigenvalue weighted by Gasteiger charge is 2.19. The molecule has 0 aliphatic carbocycles. The molecule has 3 rings (SSSR count). The number of carbonyl (C=O) groups is 1. The van der Waals surface area contributed by atoms with Crippen LogP contribution in [0.5, 0.6) is 0 Å². The molecule has 26 heavy (non-hydrogen) atoms. The van der Waals surface area contributed by atoms with Gasteiger partial charge in [-0.2, -0.15) is 0 Å². The predicted molar refractivity (Wildman–Crippen MR) is 104 cm³/mol.